The van der Waals surface area contributed by atoms with Crippen molar-refractivity contribution in [2.75, 3.05) is 5.32 Å². The molecule has 0 aliphatic carbocycles. The summed E-state index contributed by atoms with van der Waals surface area (Å²) in [5.41, 5.74) is 3.55. The number of hydrogen-bond acceptors (Lipinski definition) is 7. The fourth-order valence-corrected chi connectivity index (χ4v) is 3.78. The van der Waals surface area contributed by atoms with Crippen LogP contribution in [-0.4, -0.2) is 27.9 Å². The van der Waals surface area contributed by atoms with Crippen molar-refractivity contribution in [3.63, 3.8) is 0 Å². The van der Waals surface area contributed by atoms with Crippen LogP contribution in [0.3, 0.4) is 0 Å². The first kappa shape index (κ1) is 20.3. The van der Waals surface area contributed by atoms with Crippen molar-refractivity contribution in [2.24, 2.45) is 0 Å². The second kappa shape index (κ2) is 9.68. The molecule has 1 aromatic carbocycles. The Morgan fingerprint density at radius 2 is 2.04 bits per heavy atom. The number of amides is 1. The SMILES string of the molecule is CC(OC(=O)c1ccc(SCc2cscn2)cc1)C(=O)Nc1cccnc1Cl. The van der Waals surface area contributed by atoms with E-state index in [1.807, 2.05) is 17.5 Å². The van der Waals surface area contributed by atoms with Crippen LogP contribution >= 0.6 is 34.7 Å². The lowest BCUT2D eigenvalue weighted by atomic mass is 10.2. The first-order chi connectivity index (χ1) is 13.5. The molecule has 0 saturated heterocycles. The number of anilines is 1. The Morgan fingerprint density at radius 1 is 1.25 bits per heavy atom. The number of aromatic nitrogens is 2. The van der Waals surface area contributed by atoms with Crippen molar-refractivity contribution >= 4 is 52.3 Å². The van der Waals surface area contributed by atoms with Crippen LogP contribution in [-0.2, 0) is 15.3 Å². The Balaban J connectivity index is 1.53. The van der Waals surface area contributed by atoms with E-state index in [0.717, 1.165) is 16.3 Å². The van der Waals surface area contributed by atoms with Crippen molar-refractivity contribution in [3.8, 4) is 0 Å². The standard InChI is InChI=1S/C19H16ClN3O3S2/c1-12(18(24)23-16-3-2-8-21-17(16)20)26-19(25)13-4-6-15(7-5-13)28-10-14-9-27-11-22-14/h2-9,11-12H,10H2,1H3,(H,23,24). The van der Waals surface area contributed by atoms with E-state index in [9.17, 15) is 9.59 Å². The van der Waals surface area contributed by atoms with E-state index in [2.05, 4.69) is 15.3 Å². The van der Waals surface area contributed by atoms with Gasteiger partial charge < -0.3 is 10.1 Å². The number of benzene rings is 1. The Labute approximate surface area is 175 Å². The molecule has 2 heterocycles. The minimum absolute atomic E-state index is 0.167. The molecule has 0 aliphatic heterocycles. The number of rotatable bonds is 7. The van der Waals surface area contributed by atoms with E-state index in [4.69, 9.17) is 16.3 Å². The summed E-state index contributed by atoms with van der Waals surface area (Å²) in [5.74, 6) is -0.295. The minimum Gasteiger partial charge on any atom is -0.449 e. The molecule has 1 atom stereocenters. The predicted octanol–water partition coefficient (Wildman–Crippen LogP) is 4.67. The van der Waals surface area contributed by atoms with Crippen molar-refractivity contribution in [2.45, 2.75) is 23.7 Å². The van der Waals surface area contributed by atoms with Crippen LogP contribution in [0.4, 0.5) is 5.69 Å². The Kier molecular flexibility index (Phi) is 7.02. The van der Waals surface area contributed by atoms with Crippen LogP contribution in [0, 0.1) is 0 Å². The van der Waals surface area contributed by atoms with Crippen LogP contribution in [0.2, 0.25) is 5.15 Å². The second-order valence-corrected chi connectivity index (χ2v) is 7.80. The molecule has 3 rings (SSSR count). The zero-order valence-electron chi connectivity index (χ0n) is 14.8. The van der Waals surface area contributed by atoms with Gasteiger partial charge in [0, 0.05) is 22.2 Å². The summed E-state index contributed by atoms with van der Waals surface area (Å²) in [6, 6.07) is 10.3. The predicted molar refractivity (Wildman–Crippen MR) is 111 cm³/mol. The maximum atomic E-state index is 12.3. The summed E-state index contributed by atoms with van der Waals surface area (Å²) >= 11 is 9.10. The van der Waals surface area contributed by atoms with Gasteiger partial charge in [0.2, 0.25) is 0 Å². The molecular formula is C19H16ClN3O3S2. The largest absolute Gasteiger partial charge is 0.449 e. The third kappa shape index (κ3) is 5.54. The second-order valence-electron chi connectivity index (χ2n) is 5.67. The molecule has 1 N–H and O–H groups in total. The van der Waals surface area contributed by atoms with Crippen LogP contribution in [0.25, 0.3) is 0 Å². The Bertz CT molecular complexity index is 949. The fraction of sp³-hybridized carbons (Fsp3) is 0.158. The Hall–Kier alpha value is -2.42. The number of halogens is 1. The average Bonchev–Trinajstić information content (AvgIpc) is 3.22. The lowest BCUT2D eigenvalue weighted by Gasteiger charge is -2.14. The van der Waals surface area contributed by atoms with E-state index in [1.54, 1.807) is 52.9 Å². The molecule has 28 heavy (non-hydrogen) atoms. The molecule has 0 spiro atoms. The highest BCUT2D eigenvalue weighted by Crippen LogP contribution is 2.23. The number of carbonyl (C=O) groups excluding carboxylic acids is 2. The van der Waals surface area contributed by atoms with Gasteiger partial charge in [0.15, 0.2) is 11.3 Å². The number of hydrogen-bond donors (Lipinski definition) is 1. The molecule has 0 bridgehead atoms. The quantitative estimate of drug-likeness (QED) is 0.331. The number of nitrogens with one attached hydrogen (secondary N) is 1. The van der Waals surface area contributed by atoms with Gasteiger partial charge >= 0.3 is 5.97 Å². The van der Waals surface area contributed by atoms with Crippen LogP contribution in [0.15, 0.2) is 58.4 Å². The summed E-state index contributed by atoms with van der Waals surface area (Å²) in [5, 5.41) is 4.76. The number of pyridine rings is 1. The molecule has 2 aromatic heterocycles. The summed E-state index contributed by atoms with van der Waals surface area (Å²) in [4.78, 5) is 33.6. The van der Waals surface area contributed by atoms with Gasteiger partial charge in [-0.15, -0.1) is 23.1 Å². The highest BCUT2D eigenvalue weighted by Gasteiger charge is 2.20. The number of ether oxygens (including phenoxy) is 1. The Morgan fingerprint density at radius 3 is 2.71 bits per heavy atom. The van der Waals surface area contributed by atoms with E-state index < -0.39 is 18.0 Å². The van der Waals surface area contributed by atoms with Gasteiger partial charge in [0.25, 0.3) is 5.91 Å². The number of esters is 1. The summed E-state index contributed by atoms with van der Waals surface area (Å²) in [6.07, 6.45) is 0.530. The van der Waals surface area contributed by atoms with Gasteiger partial charge in [0.05, 0.1) is 22.5 Å². The average molecular weight is 434 g/mol. The number of carbonyl (C=O) groups is 2. The molecule has 9 heteroatoms. The molecule has 1 unspecified atom stereocenters. The molecule has 3 aromatic rings. The molecular weight excluding hydrogens is 418 g/mol. The molecule has 144 valence electrons. The van der Waals surface area contributed by atoms with Crippen molar-refractivity contribution in [1.29, 1.82) is 0 Å². The minimum atomic E-state index is -0.984. The summed E-state index contributed by atoms with van der Waals surface area (Å²) in [7, 11) is 0. The first-order valence-electron chi connectivity index (χ1n) is 8.25. The third-order valence-electron chi connectivity index (χ3n) is 3.63. The number of thiazole rings is 1. The summed E-state index contributed by atoms with van der Waals surface area (Å²) < 4.78 is 5.24. The summed E-state index contributed by atoms with van der Waals surface area (Å²) in [6.45, 7) is 1.50. The van der Waals surface area contributed by atoms with Gasteiger partial charge in [-0.3, -0.25) is 4.79 Å². The van der Waals surface area contributed by atoms with Gasteiger partial charge in [-0.2, -0.15) is 0 Å². The number of thioether (sulfide) groups is 1. The van der Waals surface area contributed by atoms with E-state index >= 15 is 0 Å². The topological polar surface area (TPSA) is 81.2 Å². The van der Waals surface area contributed by atoms with Gasteiger partial charge in [-0.1, -0.05) is 11.6 Å². The third-order valence-corrected chi connectivity index (χ3v) is 5.61. The maximum absolute atomic E-state index is 12.3. The monoisotopic (exact) mass is 433 g/mol. The lowest BCUT2D eigenvalue weighted by Crippen LogP contribution is -2.30. The van der Waals surface area contributed by atoms with Crippen LogP contribution in [0.5, 0.6) is 0 Å². The van der Waals surface area contributed by atoms with Crippen molar-refractivity contribution < 1.29 is 14.3 Å². The van der Waals surface area contributed by atoms with E-state index in [-0.39, 0.29) is 5.15 Å². The molecule has 6 nitrogen and oxygen atoms in total. The highest BCUT2D eigenvalue weighted by atomic mass is 35.5. The van der Waals surface area contributed by atoms with Crippen LogP contribution < -0.4 is 5.32 Å². The van der Waals surface area contributed by atoms with E-state index in [0.29, 0.717) is 11.3 Å². The zero-order valence-corrected chi connectivity index (χ0v) is 17.2. The van der Waals surface area contributed by atoms with Gasteiger partial charge in [0.1, 0.15) is 0 Å². The number of nitrogens with zero attached hydrogens (tertiary/aromatic N) is 2. The molecule has 0 saturated carbocycles. The van der Waals surface area contributed by atoms with Crippen LogP contribution in [0.1, 0.15) is 23.0 Å². The molecule has 0 aliphatic rings. The van der Waals surface area contributed by atoms with E-state index in [1.165, 1.54) is 13.1 Å². The smallest absolute Gasteiger partial charge is 0.338 e. The normalized spacial score (nSPS) is 11.6. The fourth-order valence-electron chi connectivity index (χ4n) is 2.15. The van der Waals surface area contributed by atoms with Crippen molar-refractivity contribution in [3.05, 3.63) is 69.9 Å². The molecule has 0 fully saturated rings. The van der Waals surface area contributed by atoms with Gasteiger partial charge in [-0.25, -0.2) is 14.8 Å². The van der Waals surface area contributed by atoms with Gasteiger partial charge in [-0.05, 0) is 43.3 Å². The molecule has 0 radical (unpaired) electrons. The first-order valence-corrected chi connectivity index (χ1v) is 10.6. The highest BCUT2D eigenvalue weighted by molar-refractivity contribution is 7.98. The maximum Gasteiger partial charge on any atom is 0.338 e. The molecule has 1 amide bonds. The lowest BCUT2D eigenvalue weighted by molar-refractivity contribution is -0.123. The van der Waals surface area contributed by atoms with Crippen molar-refractivity contribution in [1.82, 2.24) is 9.97 Å². The zero-order chi connectivity index (χ0) is 19.9.